The van der Waals surface area contributed by atoms with Crippen LogP contribution in [0.1, 0.15) is 45.7 Å². The fraction of sp³-hybridized carbons (Fsp3) is 0.435. The van der Waals surface area contributed by atoms with Gasteiger partial charge in [-0.1, -0.05) is 6.07 Å². The van der Waals surface area contributed by atoms with Crippen LogP contribution in [0.5, 0.6) is 0 Å². The van der Waals surface area contributed by atoms with Gasteiger partial charge >= 0.3 is 0 Å². The molecule has 0 unspecified atom stereocenters. The minimum atomic E-state index is -0.644. The van der Waals surface area contributed by atoms with Gasteiger partial charge in [-0.25, -0.2) is 4.39 Å². The van der Waals surface area contributed by atoms with Gasteiger partial charge in [0, 0.05) is 31.7 Å². The van der Waals surface area contributed by atoms with E-state index in [2.05, 4.69) is 5.32 Å². The van der Waals surface area contributed by atoms with Crippen molar-refractivity contribution in [2.24, 2.45) is 5.92 Å². The second-order valence-corrected chi connectivity index (χ2v) is 9.05. The zero-order valence-corrected chi connectivity index (χ0v) is 18.1. The standard InChI is InChI=1S/C23H26FN3O3S/c24-18-7-5-17(6-8-18)21(28)25-20(23(30)26-11-1-2-12-26)16-9-13-27(14-10-16)22(29)19-4-3-15-31-19/h3-8,15-16,20H,1-2,9-14H2,(H,25,28)/t20-/m1/s1. The summed E-state index contributed by atoms with van der Waals surface area (Å²) in [5.74, 6) is -0.884. The van der Waals surface area contributed by atoms with Gasteiger partial charge in [0.05, 0.1) is 4.88 Å². The van der Waals surface area contributed by atoms with Gasteiger partial charge in [0.25, 0.3) is 11.8 Å². The monoisotopic (exact) mass is 443 g/mol. The van der Waals surface area contributed by atoms with Crippen LogP contribution in [-0.4, -0.2) is 59.7 Å². The van der Waals surface area contributed by atoms with Crippen molar-refractivity contribution >= 4 is 29.1 Å². The predicted octanol–water partition coefficient (Wildman–Crippen LogP) is 3.16. The molecule has 31 heavy (non-hydrogen) atoms. The molecule has 8 heteroatoms. The van der Waals surface area contributed by atoms with E-state index in [9.17, 15) is 18.8 Å². The highest BCUT2D eigenvalue weighted by Crippen LogP contribution is 2.25. The largest absolute Gasteiger partial charge is 0.341 e. The first-order valence-electron chi connectivity index (χ1n) is 10.7. The normalized spacial score (nSPS) is 18.1. The van der Waals surface area contributed by atoms with E-state index in [-0.39, 0.29) is 23.6 Å². The van der Waals surface area contributed by atoms with Crippen molar-refractivity contribution in [2.45, 2.75) is 31.7 Å². The summed E-state index contributed by atoms with van der Waals surface area (Å²) in [4.78, 5) is 43.0. The Morgan fingerprint density at radius 3 is 2.26 bits per heavy atom. The molecule has 2 aromatic rings. The van der Waals surface area contributed by atoms with E-state index in [4.69, 9.17) is 0 Å². The zero-order valence-electron chi connectivity index (χ0n) is 17.3. The van der Waals surface area contributed by atoms with Crippen molar-refractivity contribution < 1.29 is 18.8 Å². The molecule has 1 N–H and O–H groups in total. The maximum atomic E-state index is 13.2. The van der Waals surface area contributed by atoms with Crippen LogP contribution >= 0.6 is 11.3 Å². The Kier molecular flexibility index (Phi) is 6.65. The first-order valence-corrected chi connectivity index (χ1v) is 11.6. The van der Waals surface area contributed by atoms with Crippen molar-refractivity contribution in [3.05, 3.63) is 58.0 Å². The number of thiophene rings is 1. The van der Waals surface area contributed by atoms with Crippen LogP contribution in [0.3, 0.4) is 0 Å². The summed E-state index contributed by atoms with van der Waals surface area (Å²) in [5.41, 5.74) is 0.325. The Balaban J connectivity index is 1.45. The van der Waals surface area contributed by atoms with Gasteiger partial charge < -0.3 is 15.1 Å². The molecule has 0 radical (unpaired) electrons. The smallest absolute Gasteiger partial charge is 0.263 e. The summed E-state index contributed by atoms with van der Waals surface area (Å²) >= 11 is 1.42. The van der Waals surface area contributed by atoms with E-state index in [1.54, 1.807) is 0 Å². The number of rotatable bonds is 5. The quantitative estimate of drug-likeness (QED) is 0.772. The summed E-state index contributed by atoms with van der Waals surface area (Å²) in [6, 6.07) is 8.35. The molecule has 3 amide bonds. The predicted molar refractivity (Wildman–Crippen MR) is 116 cm³/mol. The van der Waals surface area contributed by atoms with Crippen LogP contribution in [0.4, 0.5) is 4.39 Å². The van der Waals surface area contributed by atoms with Crippen LogP contribution in [-0.2, 0) is 4.79 Å². The van der Waals surface area contributed by atoms with Gasteiger partial charge in [0.1, 0.15) is 11.9 Å². The van der Waals surface area contributed by atoms with Crippen molar-refractivity contribution in [3.63, 3.8) is 0 Å². The number of hydrogen-bond acceptors (Lipinski definition) is 4. The average Bonchev–Trinajstić information content (AvgIpc) is 3.52. The van der Waals surface area contributed by atoms with Gasteiger partial charge in [-0.15, -0.1) is 11.3 Å². The van der Waals surface area contributed by atoms with Crippen molar-refractivity contribution in [3.8, 4) is 0 Å². The van der Waals surface area contributed by atoms with Gasteiger partial charge in [-0.05, 0) is 67.3 Å². The Labute approximate surface area is 185 Å². The molecule has 2 fully saturated rings. The Bertz CT molecular complexity index is 918. The fourth-order valence-corrected chi connectivity index (χ4v) is 5.02. The third kappa shape index (κ3) is 4.95. The topological polar surface area (TPSA) is 69.7 Å². The zero-order chi connectivity index (χ0) is 21.8. The van der Waals surface area contributed by atoms with Crippen molar-refractivity contribution in [2.75, 3.05) is 26.2 Å². The highest BCUT2D eigenvalue weighted by atomic mass is 32.1. The minimum absolute atomic E-state index is 0.0196. The highest BCUT2D eigenvalue weighted by Gasteiger charge is 2.37. The number of hydrogen-bond donors (Lipinski definition) is 1. The molecule has 2 aliphatic heterocycles. The van der Waals surface area contributed by atoms with E-state index in [0.717, 1.165) is 12.8 Å². The lowest BCUT2D eigenvalue weighted by atomic mass is 9.88. The molecule has 1 atom stereocenters. The Morgan fingerprint density at radius 1 is 0.968 bits per heavy atom. The molecule has 0 spiro atoms. The molecule has 164 valence electrons. The van der Waals surface area contributed by atoms with E-state index in [0.29, 0.717) is 49.5 Å². The maximum absolute atomic E-state index is 13.2. The molecule has 0 aliphatic carbocycles. The van der Waals surface area contributed by atoms with E-state index < -0.39 is 11.9 Å². The number of carbonyl (C=O) groups is 3. The summed E-state index contributed by atoms with van der Waals surface area (Å²) in [7, 11) is 0. The molecule has 0 bridgehead atoms. The summed E-state index contributed by atoms with van der Waals surface area (Å²) in [5, 5.41) is 4.80. The lowest BCUT2D eigenvalue weighted by Gasteiger charge is -2.37. The number of nitrogens with zero attached hydrogens (tertiary/aromatic N) is 2. The van der Waals surface area contributed by atoms with Crippen LogP contribution in [0, 0.1) is 11.7 Å². The van der Waals surface area contributed by atoms with Gasteiger partial charge in [-0.3, -0.25) is 14.4 Å². The van der Waals surface area contributed by atoms with Crippen molar-refractivity contribution in [1.29, 1.82) is 0 Å². The fourth-order valence-electron chi connectivity index (χ4n) is 4.33. The SMILES string of the molecule is O=C(N[C@@H](C(=O)N1CCCC1)C1CCN(C(=O)c2cccs2)CC1)c1ccc(F)cc1. The molecule has 1 aromatic carbocycles. The van der Waals surface area contributed by atoms with Crippen LogP contribution in [0.25, 0.3) is 0 Å². The number of carbonyl (C=O) groups excluding carboxylic acids is 3. The molecule has 1 aromatic heterocycles. The number of benzene rings is 1. The molecule has 2 aliphatic rings. The minimum Gasteiger partial charge on any atom is -0.341 e. The molecule has 6 nitrogen and oxygen atoms in total. The highest BCUT2D eigenvalue weighted by molar-refractivity contribution is 7.12. The maximum Gasteiger partial charge on any atom is 0.263 e. The molecule has 2 saturated heterocycles. The Morgan fingerprint density at radius 2 is 1.65 bits per heavy atom. The molecular formula is C23H26FN3O3S. The van der Waals surface area contributed by atoms with E-state index >= 15 is 0 Å². The van der Waals surface area contributed by atoms with Crippen LogP contribution < -0.4 is 5.32 Å². The lowest BCUT2D eigenvalue weighted by molar-refractivity contribution is -0.134. The van der Waals surface area contributed by atoms with Crippen LogP contribution in [0.15, 0.2) is 41.8 Å². The summed E-state index contributed by atoms with van der Waals surface area (Å²) in [6.07, 6.45) is 3.23. The third-order valence-corrected chi connectivity index (χ3v) is 6.96. The lowest BCUT2D eigenvalue weighted by Crippen LogP contribution is -2.54. The van der Waals surface area contributed by atoms with Gasteiger partial charge in [0.2, 0.25) is 5.91 Å². The van der Waals surface area contributed by atoms with E-state index in [1.807, 2.05) is 27.3 Å². The number of halogens is 1. The average molecular weight is 444 g/mol. The first kappa shape index (κ1) is 21.5. The number of nitrogens with one attached hydrogen (secondary N) is 1. The number of likely N-dealkylation sites (tertiary alicyclic amines) is 2. The first-order chi connectivity index (χ1) is 15.0. The second-order valence-electron chi connectivity index (χ2n) is 8.10. The summed E-state index contributed by atoms with van der Waals surface area (Å²) in [6.45, 7) is 2.52. The number of amides is 3. The van der Waals surface area contributed by atoms with E-state index in [1.165, 1.54) is 35.6 Å². The molecule has 4 rings (SSSR count). The molecule has 0 saturated carbocycles. The molecule has 3 heterocycles. The second kappa shape index (κ2) is 9.60. The molecular weight excluding hydrogens is 417 g/mol. The number of piperidine rings is 1. The van der Waals surface area contributed by atoms with Crippen molar-refractivity contribution in [1.82, 2.24) is 15.1 Å². The van der Waals surface area contributed by atoms with Crippen LogP contribution in [0.2, 0.25) is 0 Å². The Hall–Kier alpha value is -2.74. The summed E-state index contributed by atoms with van der Waals surface area (Å²) < 4.78 is 13.2. The van der Waals surface area contributed by atoms with Gasteiger partial charge in [0.15, 0.2) is 0 Å². The van der Waals surface area contributed by atoms with Gasteiger partial charge in [-0.2, -0.15) is 0 Å². The third-order valence-electron chi connectivity index (χ3n) is 6.11.